The predicted octanol–water partition coefficient (Wildman–Crippen LogP) is 1.30. The van der Waals surface area contributed by atoms with Gasteiger partial charge in [-0.2, -0.15) is 0 Å². The van der Waals surface area contributed by atoms with Crippen LogP contribution in [0.3, 0.4) is 0 Å². The molecule has 3 unspecified atom stereocenters. The van der Waals surface area contributed by atoms with Crippen molar-refractivity contribution in [3.05, 3.63) is 0 Å². The summed E-state index contributed by atoms with van der Waals surface area (Å²) < 4.78 is 0. The van der Waals surface area contributed by atoms with E-state index in [0.717, 1.165) is 19.6 Å². The molecule has 0 aromatic carbocycles. The van der Waals surface area contributed by atoms with Crippen LogP contribution >= 0.6 is 0 Å². The number of amides is 1. The zero-order chi connectivity index (χ0) is 13.7. The topological polar surface area (TPSA) is 49.6 Å². The van der Waals surface area contributed by atoms with E-state index in [-0.39, 0.29) is 11.9 Å². The highest BCUT2D eigenvalue weighted by molar-refractivity contribution is 5.81. The van der Waals surface area contributed by atoms with Crippen LogP contribution in [0.25, 0.3) is 0 Å². The summed E-state index contributed by atoms with van der Waals surface area (Å²) in [5, 5.41) is 0. The molecule has 3 atom stereocenters. The molecule has 0 aromatic heterocycles. The monoisotopic (exact) mass is 255 g/mol. The number of hydrogen-bond acceptors (Lipinski definition) is 3. The number of rotatable bonds is 6. The number of hydrogen-bond donors (Lipinski definition) is 1. The molecule has 1 rings (SSSR count). The third-order valence-corrected chi connectivity index (χ3v) is 4.49. The first-order valence-electron chi connectivity index (χ1n) is 7.27. The van der Waals surface area contributed by atoms with Crippen LogP contribution in [0.4, 0.5) is 0 Å². The van der Waals surface area contributed by atoms with Gasteiger partial charge in [-0.25, -0.2) is 0 Å². The number of nitrogens with two attached hydrogens (primary N) is 1. The molecule has 0 aliphatic heterocycles. The summed E-state index contributed by atoms with van der Waals surface area (Å²) in [6, 6.07) is 0.437. The van der Waals surface area contributed by atoms with Crippen LogP contribution in [-0.2, 0) is 4.79 Å². The van der Waals surface area contributed by atoms with Gasteiger partial charge in [-0.3, -0.25) is 9.69 Å². The summed E-state index contributed by atoms with van der Waals surface area (Å²) in [6.07, 6.45) is 3.62. The van der Waals surface area contributed by atoms with E-state index in [9.17, 15) is 4.79 Å². The van der Waals surface area contributed by atoms with Gasteiger partial charge in [-0.1, -0.05) is 6.42 Å². The Morgan fingerprint density at radius 1 is 1.33 bits per heavy atom. The third kappa shape index (κ3) is 3.23. The van der Waals surface area contributed by atoms with Crippen molar-refractivity contribution in [3.63, 3.8) is 0 Å². The van der Waals surface area contributed by atoms with E-state index in [1.165, 1.54) is 19.3 Å². The lowest BCUT2D eigenvalue weighted by atomic mass is 10.0. The van der Waals surface area contributed by atoms with Gasteiger partial charge in [0.25, 0.3) is 0 Å². The van der Waals surface area contributed by atoms with Gasteiger partial charge >= 0.3 is 0 Å². The third-order valence-electron chi connectivity index (χ3n) is 4.49. The van der Waals surface area contributed by atoms with Crippen LogP contribution < -0.4 is 5.73 Å². The van der Waals surface area contributed by atoms with Crippen LogP contribution in [0.1, 0.15) is 40.0 Å². The van der Waals surface area contributed by atoms with Crippen molar-refractivity contribution in [2.75, 3.05) is 26.7 Å². The molecule has 1 aliphatic carbocycles. The maximum atomic E-state index is 12.4. The number of carbonyl (C=O) groups is 1. The van der Waals surface area contributed by atoms with Crippen LogP contribution in [0, 0.1) is 5.92 Å². The standard InChI is InChI=1S/C14H29N3O/c1-5-17(6-2)14(18)11(3)16(4)13-9-7-8-12(13)10-15/h11-13H,5-10,15H2,1-4H3. The second-order valence-electron chi connectivity index (χ2n) is 5.35. The molecule has 106 valence electrons. The lowest BCUT2D eigenvalue weighted by Gasteiger charge is -2.35. The van der Waals surface area contributed by atoms with Gasteiger partial charge in [0, 0.05) is 19.1 Å². The Morgan fingerprint density at radius 2 is 1.94 bits per heavy atom. The Balaban J connectivity index is 2.65. The zero-order valence-electron chi connectivity index (χ0n) is 12.4. The lowest BCUT2D eigenvalue weighted by Crippen LogP contribution is -2.50. The SMILES string of the molecule is CCN(CC)C(=O)C(C)N(C)C1CCCC1CN. The van der Waals surface area contributed by atoms with E-state index in [4.69, 9.17) is 5.73 Å². The maximum Gasteiger partial charge on any atom is 0.239 e. The van der Waals surface area contributed by atoms with Crippen LogP contribution in [0.15, 0.2) is 0 Å². The van der Waals surface area contributed by atoms with Gasteiger partial charge in [0.15, 0.2) is 0 Å². The van der Waals surface area contributed by atoms with Crippen molar-refractivity contribution in [2.45, 2.75) is 52.1 Å². The molecule has 1 amide bonds. The summed E-state index contributed by atoms with van der Waals surface area (Å²) in [6.45, 7) is 8.41. The van der Waals surface area contributed by atoms with E-state index in [1.54, 1.807) is 0 Å². The molecule has 1 saturated carbocycles. The van der Waals surface area contributed by atoms with Crippen molar-refractivity contribution >= 4 is 5.91 Å². The Morgan fingerprint density at radius 3 is 2.44 bits per heavy atom. The van der Waals surface area contributed by atoms with Gasteiger partial charge in [-0.05, 0) is 53.1 Å². The minimum atomic E-state index is -0.0398. The smallest absolute Gasteiger partial charge is 0.239 e. The molecule has 0 radical (unpaired) electrons. The van der Waals surface area contributed by atoms with Crippen LogP contribution in [-0.4, -0.2) is 54.5 Å². The Hall–Kier alpha value is -0.610. The number of nitrogens with zero attached hydrogens (tertiary/aromatic N) is 2. The number of likely N-dealkylation sites (N-methyl/N-ethyl adjacent to an activating group) is 2. The van der Waals surface area contributed by atoms with Crippen molar-refractivity contribution in [3.8, 4) is 0 Å². The van der Waals surface area contributed by atoms with E-state index < -0.39 is 0 Å². The molecule has 4 nitrogen and oxygen atoms in total. The minimum Gasteiger partial charge on any atom is -0.342 e. The molecule has 1 aliphatic rings. The zero-order valence-corrected chi connectivity index (χ0v) is 12.4. The highest BCUT2D eigenvalue weighted by Crippen LogP contribution is 2.29. The first-order valence-corrected chi connectivity index (χ1v) is 7.27. The molecule has 4 heteroatoms. The first kappa shape index (κ1) is 15.4. The summed E-state index contributed by atoms with van der Waals surface area (Å²) in [5.41, 5.74) is 5.83. The average molecular weight is 255 g/mol. The van der Waals surface area contributed by atoms with Crippen molar-refractivity contribution in [1.82, 2.24) is 9.80 Å². The lowest BCUT2D eigenvalue weighted by molar-refractivity contribution is -0.136. The van der Waals surface area contributed by atoms with E-state index in [1.807, 2.05) is 25.7 Å². The Kier molecular flexibility index (Phi) is 6.09. The predicted molar refractivity (Wildman–Crippen MR) is 75.3 cm³/mol. The van der Waals surface area contributed by atoms with Gasteiger partial charge in [0.2, 0.25) is 5.91 Å². The van der Waals surface area contributed by atoms with E-state index in [2.05, 4.69) is 11.9 Å². The molecule has 0 aromatic rings. The quantitative estimate of drug-likeness (QED) is 0.778. The van der Waals surface area contributed by atoms with Crippen molar-refractivity contribution < 1.29 is 4.79 Å². The minimum absolute atomic E-state index is 0.0398. The van der Waals surface area contributed by atoms with Crippen molar-refractivity contribution in [1.29, 1.82) is 0 Å². The molecule has 0 spiro atoms. The maximum absolute atomic E-state index is 12.4. The first-order chi connectivity index (χ1) is 8.56. The Labute approximate surface area is 111 Å². The second kappa shape index (κ2) is 7.10. The molecule has 0 saturated heterocycles. The number of carbonyl (C=O) groups excluding carboxylic acids is 1. The Bertz CT molecular complexity index is 266. The highest BCUT2D eigenvalue weighted by atomic mass is 16.2. The van der Waals surface area contributed by atoms with Crippen molar-refractivity contribution in [2.24, 2.45) is 11.7 Å². The fraction of sp³-hybridized carbons (Fsp3) is 0.929. The molecular formula is C14H29N3O. The van der Waals surface area contributed by atoms with Crippen LogP contribution in [0.5, 0.6) is 0 Å². The van der Waals surface area contributed by atoms with Gasteiger partial charge in [0.05, 0.1) is 6.04 Å². The van der Waals surface area contributed by atoms with Crippen LogP contribution in [0.2, 0.25) is 0 Å². The van der Waals surface area contributed by atoms with E-state index in [0.29, 0.717) is 12.0 Å². The fourth-order valence-corrected chi connectivity index (χ4v) is 3.09. The molecule has 1 fully saturated rings. The van der Waals surface area contributed by atoms with Gasteiger partial charge in [0.1, 0.15) is 0 Å². The molecule has 18 heavy (non-hydrogen) atoms. The highest BCUT2D eigenvalue weighted by Gasteiger charge is 2.34. The second-order valence-corrected chi connectivity index (χ2v) is 5.35. The van der Waals surface area contributed by atoms with Gasteiger partial charge < -0.3 is 10.6 Å². The summed E-state index contributed by atoms with van der Waals surface area (Å²) in [4.78, 5) is 16.5. The molecule has 0 bridgehead atoms. The molecule has 2 N–H and O–H groups in total. The molecular weight excluding hydrogens is 226 g/mol. The summed E-state index contributed by atoms with van der Waals surface area (Å²) >= 11 is 0. The summed E-state index contributed by atoms with van der Waals surface area (Å²) in [5.74, 6) is 0.798. The summed E-state index contributed by atoms with van der Waals surface area (Å²) in [7, 11) is 2.07. The van der Waals surface area contributed by atoms with E-state index >= 15 is 0 Å². The largest absolute Gasteiger partial charge is 0.342 e. The fourth-order valence-electron chi connectivity index (χ4n) is 3.09. The average Bonchev–Trinajstić information content (AvgIpc) is 2.86. The van der Waals surface area contributed by atoms with Gasteiger partial charge in [-0.15, -0.1) is 0 Å². The normalized spacial score (nSPS) is 25.4. The molecule has 0 heterocycles.